The van der Waals surface area contributed by atoms with Gasteiger partial charge in [0.1, 0.15) is 5.82 Å². The van der Waals surface area contributed by atoms with Gasteiger partial charge in [-0.05, 0) is 75.2 Å². The standard InChI is InChI=1S/C31H36F4N4O3/c1-21-25(30(42)39(28(21)40)24-13-14-26(27(32)20-24)31(33,34)35)8-6-4-5-7-15-37-16-18-38(19-17-37)29(41)22-9-11-23(12-10-22)36(2)3/h9-14,20H,4-8,15-19H2,1-3H3. The lowest BCUT2D eigenvalue weighted by molar-refractivity contribution is -0.140. The first kappa shape index (κ1) is 31.2. The van der Waals surface area contributed by atoms with Crippen LogP contribution in [0.5, 0.6) is 0 Å². The first-order valence-corrected chi connectivity index (χ1v) is 14.1. The number of anilines is 2. The molecule has 11 heteroatoms. The van der Waals surface area contributed by atoms with Crippen molar-refractivity contribution in [1.29, 1.82) is 0 Å². The van der Waals surface area contributed by atoms with Gasteiger partial charge in [0.25, 0.3) is 17.7 Å². The summed E-state index contributed by atoms with van der Waals surface area (Å²) in [7, 11) is 3.92. The van der Waals surface area contributed by atoms with Crippen molar-refractivity contribution in [3.8, 4) is 0 Å². The Labute approximate surface area is 243 Å². The molecule has 0 bridgehead atoms. The van der Waals surface area contributed by atoms with Gasteiger partial charge in [-0.25, -0.2) is 9.29 Å². The first-order chi connectivity index (χ1) is 19.9. The SMILES string of the molecule is CC1=C(CCCCCCN2CCN(C(=O)c3ccc(N(C)C)cc3)CC2)C(=O)N(c2ccc(C(F)(F)F)c(F)c2)C1=O. The second-order valence-corrected chi connectivity index (χ2v) is 11.0. The van der Waals surface area contributed by atoms with E-state index in [2.05, 4.69) is 4.90 Å². The van der Waals surface area contributed by atoms with E-state index in [1.807, 2.05) is 48.2 Å². The molecule has 0 aromatic heterocycles. The molecule has 0 saturated carbocycles. The van der Waals surface area contributed by atoms with Crippen LogP contribution in [0.3, 0.4) is 0 Å². The largest absolute Gasteiger partial charge is 0.419 e. The van der Waals surface area contributed by atoms with Crippen molar-refractivity contribution >= 4 is 29.1 Å². The summed E-state index contributed by atoms with van der Waals surface area (Å²) < 4.78 is 52.7. The third-order valence-electron chi connectivity index (χ3n) is 7.90. The summed E-state index contributed by atoms with van der Waals surface area (Å²) in [6.07, 6.45) is -1.09. The quantitative estimate of drug-likeness (QED) is 0.208. The topological polar surface area (TPSA) is 64.2 Å². The second-order valence-electron chi connectivity index (χ2n) is 11.0. The average molecular weight is 589 g/mol. The number of rotatable bonds is 10. The number of piperazine rings is 1. The van der Waals surface area contributed by atoms with Gasteiger partial charge in [0.2, 0.25) is 0 Å². The van der Waals surface area contributed by atoms with Gasteiger partial charge in [-0.2, -0.15) is 13.2 Å². The maximum absolute atomic E-state index is 14.1. The summed E-state index contributed by atoms with van der Waals surface area (Å²) in [5.41, 5.74) is 0.629. The summed E-state index contributed by atoms with van der Waals surface area (Å²) in [4.78, 5) is 45.4. The Morgan fingerprint density at radius 2 is 1.52 bits per heavy atom. The molecule has 1 fully saturated rings. The van der Waals surface area contributed by atoms with Crippen LogP contribution in [0.4, 0.5) is 28.9 Å². The summed E-state index contributed by atoms with van der Waals surface area (Å²) in [6, 6.07) is 9.67. The van der Waals surface area contributed by atoms with Crippen molar-refractivity contribution in [2.45, 2.75) is 45.2 Å². The molecule has 42 heavy (non-hydrogen) atoms. The van der Waals surface area contributed by atoms with Crippen LogP contribution in [-0.4, -0.2) is 74.3 Å². The normalized spacial score (nSPS) is 16.5. The van der Waals surface area contributed by atoms with E-state index in [9.17, 15) is 31.9 Å². The molecule has 2 aromatic rings. The van der Waals surface area contributed by atoms with Crippen LogP contribution in [-0.2, 0) is 15.8 Å². The van der Waals surface area contributed by atoms with Crippen LogP contribution in [0, 0.1) is 5.82 Å². The molecule has 3 amide bonds. The predicted octanol–water partition coefficient (Wildman–Crippen LogP) is 5.51. The Morgan fingerprint density at radius 1 is 0.881 bits per heavy atom. The Bertz CT molecular complexity index is 1350. The molecule has 2 aromatic carbocycles. The highest BCUT2D eigenvalue weighted by Crippen LogP contribution is 2.35. The minimum atomic E-state index is -4.87. The average Bonchev–Trinajstić information content (AvgIpc) is 3.16. The number of benzene rings is 2. The van der Waals surface area contributed by atoms with Gasteiger partial charge in [0, 0.05) is 62.7 Å². The third-order valence-corrected chi connectivity index (χ3v) is 7.90. The Kier molecular flexibility index (Phi) is 9.71. The van der Waals surface area contributed by atoms with E-state index in [-0.39, 0.29) is 17.2 Å². The zero-order chi connectivity index (χ0) is 30.6. The molecule has 0 unspecified atom stereocenters. The Morgan fingerprint density at radius 3 is 2.12 bits per heavy atom. The number of nitrogens with zero attached hydrogens (tertiary/aromatic N) is 4. The van der Waals surface area contributed by atoms with Gasteiger partial charge < -0.3 is 9.80 Å². The van der Waals surface area contributed by atoms with Crippen molar-refractivity contribution in [2.24, 2.45) is 0 Å². The van der Waals surface area contributed by atoms with Gasteiger partial charge in [-0.15, -0.1) is 0 Å². The minimum absolute atomic E-state index is 0.0477. The molecule has 0 aliphatic carbocycles. The summed E-state index contributed by atoms with van der Waals surface area (Å²) >= 11 is 0. The van der Waals surface area contributed by atoms with Gasteiger partial charge in [0.05, 0.1) is 11.3 Å². The van der Waals surface area contributed by atoms with Gasteiger partial charge in [0.15, 0.2) is 0 Å². The van der Waals surface area contributed by atoms with Crippen LogP contribution >= 0.6 is 0 Å². The molecule has 1 saturated heterocycles. The molecule has 0 radical (unpaired) electrons. The van der Waals surface area contributed by atoms with E-state index in [4.69, 9.17) is 0 Å². The van der Waals surface area contributed by atoms with Crippen molar-refractivity contribution in [3.63, 3.8) is 0 Å². The van der Waals surface area contributed by atoms with E-state index >= 15 is 0 Å². The minimum Gasteiger partial charge on any atom is -0.378 e. The molecule has 0 atom stereocenters. The van der Waals surface area contributed by atoms with Gasteiger partial charge in [-0.1, -0.05) is 12.8 Å². The number of alkyl halides is 3. The number of halogens is 4. The molecular formula is C31H36F4N4O3. The lowest BCUT2D eigenvalue weighted by Crippen LogP contribution is -2.48. The molecule has 2 aliphatic heterocycles. The first-order valence-electron chi connectivity index (χ1n) is 14.1. The number of hydrogen-bond donors (Lipinski definition) is 0. The van der Waals surface area contributed by atoms with Gasteiger partial charge >= 0.3 is 6.18 Å². The zero-order valence-electron chi connectivity index (χ0n) is 24.1. The van der Waals surface area contributed by atoms with E-state index in [1.54, 1.807) is 0 Å². The highest BCUT2D eigenvalue weighted by Gasteiger charge is 2.39. The van der Waals surface area contributed by atoms with E-state index in [1.165, 1.54) is 6.92 Å². The smallest absolute Gasteiger partial charge is 0.378 e. The highest BCUT2D eigenvalue weighted by atomic mass is 19.4. The van der Waals surface area contributed by atoms with Crippen molar-refractivity contribution in [1.82, 2.24) is 9.80 Å². The van der Waals surface area contributed by atoms with Crippen LogP contribution in [0.15, 0.2) is 53.6 Å². The van der Waals surface area contributed by atoms with Gasteiger partial charge in [-0.3, -0.25) is 19.3 Å². The zero-order valence-corrected chi connectivity index (χ0v) is 24.1. The molecule has 2 aliphatic rings. The summed E-state index contributed by atoms with van der Waals surface area (Å²) in [6.45, 7) is 5.40. The fourth-order valence-corrected chi connectivity index (χ4v) is 5.34. The third kappa shape index (κ3) is 7.00. The van der Waals surface area contributed by atoms with E-state index < -0.39 is 29.4 Å². The lowest BCUT2D eigenvalue weighted by atomic mass is 10.0. The maximum atomic E-state index is 14.1. The predicted molar refractivity (Wildman–Crippen MR) is 153 cm³/mol. The molecule has 7 nitrogen and oxygen atoms in total. The second kappa shape index (κ2) is 13.1. The molecule has 0 N–H and O–H groups in total. The highest BCUT2D eigenvalue weighted by molar-refractivity contribution is 6.32. The molecule has 226 valence electrons. The Balaban J connectivity index is 1.17. The van der Waals surface area contributed by atoms with E-state index in [0.29, 0.717) is 49.2 Å². The molecule has 4 rings (SSSR count). The fourth-order valence-electron chi connectivity index (χ4n) is 5.34. The lowest BCUT2D eigenvalue weighted by Gasteiger charge is -2.34. The summed E-state index contributed by atoms with van der Waals surface area (Å²) in [5.74, 6) is -2.74. The number of unbranched alkanes of at least 4 members (excludes halogenated alkanes) is 3. The van der Waals surface area contributed by atoms with Crippen molar-refractivity contribution in [3.05, 3.63) is 70.6 Å². The van der Waals surface area contributed by atoms with Crippen LogP contribution in [0.1, 0.15) is 54.9 Å². The number of carbonyl (C=O) groups excluding carboxylic acids is 3. The van der Waals surface area contributed by atoms with Crippen LogP contribution in [0.25, 0.3) is 0 Å². The number of imide groups is 1. The Hall–Kier alpha value is -3.73. The van der Waals surface area contributed by atoms with Crippen LogP contribution < -0.4 is 9.80 Å². The molecule has 2 heterocycles. The number of amides is 3. The molecular weight excluding hydrogens is 552 g/mol. The van der Waals surface area contributed by atoms with Crippen molar-refractivity contribution in [2.75, 3.05) is 56.6 Å². The molecule has 0 spiro atoms. The number of carbonyl (C=O) groups is 3. The van der Waals surface area contributed by atoms with Crippen LogP contribution in [0.2, 0.25) is 0 Å². The van der Waals surface area contributed by atoms with E-state index in [0.717, 1.165) is 55.6 Å². The summed E-state index contributed by atoms with van der Waals surface area (Å²) in [5, 5.41) is 0. The monoisotopic (exact) mass is 588 g/mol. The fraction of sp³-hybridized carbons (Fsp3) is 0.452. The maximum Gasteiger partial charge on any atom is 0.419 e. The van der Waals surface area contributed by atoms with Crippen molar-refractivity contribution < 1.29 is 31.9 Å². The number of hydrogen-bond acceptors (Lipinski definition) is 5.